The summed E-state index contributed by atoms with van der Waals surface area (Å²) >= 11 is 1.23. The summed E-state index contributed by atoms with van der Waals surface area (Å²) < 4.78 is 39.3. The van der Waals surface area contributed by atoms with Crippen molar-refractivity contribution in [2.24, 2.45) is 0 Å². The number of halogens is 1. The van der Waals surface area contributed by atoms with E-state index in [1.807, 2.05) is 0 Å². The van der Waals surface area contributed by atoms with Gasteiger partial charge in [0, 0.05) is 29.1 Å². The maximum absolute atomic E-state index is 13.2. The van der Waals surface area contributed by atoms with Crippen LogP contribution in [0, 0.1) is 15.9 Å². The van der Waals surface area contributed by atoms with Crippen molar-refractivity contribution >= 4 is 32.8 Å². The summed E-state index contributed by atoms with van der Waals surface area (Å²) in [5.41, 5.74) is 0.0107. The third-order valence-corrected chi connectivity index (χ3v) is 7.40. The van der Waals surface area contributed by atoms with Gasteiger partial charge in [0.2, 0.25) is 0 Å². The van der Waals surface area contributed by atoms with Gasteiger partial charge in [0.15, 0.2) is 9.84 Å². The Bertz CT molecular complexity index is 1110. The molecular weight excluding hydrogens is 419 g/mol. The zero-order valence-electron chi connectivity index (χ0n) is 14.8. The molecule has 1 atom stereocenters. The van der Waals surface area contributed by atoms with Gasteiger partial charge in [-0.2, -0.15) is 0 Å². The standard InChI is InChI=1S/C19H15FN2O5S2/c20-14-5-9-16(10-6-14)29(26,27)18(17-2-1-11-28-17)12-21-19(23)13-3-7-15(8-4-13)22(24)25/h1-11,18H,12H2,(H,21,23)/t18-/m0/s1. The molecule has 0 spiro atoms. The van der Waals surface area contributed by atoms with Crippen LogP contribution < -0.4 is 5.32 Å². The number of carbonyl (C=O) groups excluding carboxylic acids is 1. The lowest BCUT2D eigenvalue weighted by atomic mass is 10.2. The average Bonchev–Trinajstić information content (AvgIpc) is 3.22. The molecule has 0 saturated carbocycles. The van der Waals surface area contributed by atoms with Crippen LogP contribution >= 0.6 is 11.3 Å². The van der Waals surface area contributed by atoms with Crippen molar-refractivity contribution in [3.63, 3.8) is 0 Å². The molecule has 0 fully saturated rings. The van der Waals surface area contributed by atoms with Gasteiger partial charge in [0.25, 0.3) is 11.6 Å². The summed E-state index contributed by atoms with van der Waals surface area (Å²) in [5.74, 6) is -1.11. The van der Waals surface area contributed by atoms with Gasteiger partial charge in [-0.05, 0) is 47.8 Å². The largest absolute Gasteiger partial charge is 0.350 e. The molecule has 0 aliphatic carbocycles. The van der Waals surface area contributed by atoms with Crippen LogP contribution in [0.25, 0.3) is 0 Å². The van der Waals surface area contributed by atoms with Crippen LogP contribution in [-0.4, -0.2) is 25.8 Å². The molecular formula is C19H15FN2O5S2. The fourth-order valence-electron chi connectivity index (χ4n) is 2.65. The first-order valence-corrected chi connectivity index (χ1v) is 10.8. The van der Waals surface area contributed by atoms with E-state index in [0.29, 0.717) is 4.88 Å². The number of non-ortho nitro benzene ring substituents is 1. The van der Waals surface area contributed by atoms with E-state index in [-0.39, 0.29) is 22.7 Å². The van der Waals surface area contributed by atoms with E-state index in [9.17, 15) is 27.7 Å². The Kier molecular flexibility index (Phi) is 6.04. The van der Waals surface area contributed by atoms with Gasteiger partial charge >= 0.3 is 0 Å². The number of nitro benzene ring substituents is 1. The molecule has 1 aromatic heterocycles. The van der Waals surface area contributed by atoms with Crippen LogP contribution in [0.15, 0.2) is 70.9 Å². The third-order valence-electron chi connectivity index (χ3n) is 4.17. The Morgan fingerprint density at radius 1 is 1.10 bits per heavy atom. The molecule has 10 heteroatoms. The maximum atomic E-state index is 13.2. The minimum absolute atomic E-state index is 0.0538. The van der Waals surface area contributed by atoms with Gasteiger partial charge < -0.3 is 5.32 Å². The third kappa shape index (κ3) is 4.66. The summed E-state index contributed by atoms with van der Waals surface area (Å²) in [6.45, 7) is -0.212. The molecule has 3 rings (SSSR count). The van der Waals surface area contributed by atoms with E-state index >= 15 is 0 Å². The summed E-state index contributed by atoms with van der Waals surface area (Å²) in [7, 11) is -3.90. The number of nitrogens with zero attached hydrogens (tertiary/aromatic N) is 1. The molecule has 1 N–H and O–H groups in total. The van der Waals surface area contributed by atoms with Crippen LogP contribution in [0.3, 0.4) is 0 Å². The van der Waals surface area contributed by atoms with Crippen molar-refractivity contribution < 1.29 is 22.5 Å². The second-order valence-electron chi connectivity index (χ2n) is 6.02. The highest BCUT2D eigenvalue weighted by molar-refractivity contribution is 7.91. The van der Waals surface area contributed by atoms with Crippen molar-refractivity contribution in [1.82, 2.24) is 5.32 Å². The van der Waals surface area contributed by atoms with Crippen LogP contribution in [0.5, 0.6) is 0 Å². The topological polar surface area (TPSA) is 106 Å². The maximum Gasteiger partial charge on any atom is 0.269 e. The normalized spacial score (nSPS) is 12.3. The van der Waals surface area contributed by atoms with E-state index in [1.54, 1.807) is 17.5 Å². The highest BCUT2D eigenvalue weighted by Crippen LogP contribution is 2.31. The summed E-state index contributed by atoms with van der Waals surface area (Å²) in [5, 5.41) is 13.9. The fourth-order valence-corrected chi connectivity index (χ4v) is 5.43. The lowest BCUT2D eigenvalue weighted by molar-refractivity contribution is -0.384. The molecule has 2 aromatic carbocycles. The second-order valence-corrected chi connectivity index (χ2v) is 9.13. The van der Waals surface area contributed by atoms with Gasteiger partial charge in [-0.1, -0.05) is 6.07 Å². The Morgan fingerprint density at radius 2 is 1.76 bits per heavy atom. The molecule has 1 amide bonds. The molecule has 29 heavy (non-hydrogen) atoms. The summed E-state index contributed by atoms with van der Waals surface area (Å²) in [4.78, 5) is 23.0. The first kappa shape index (κ1) is 20.6. The first-order valence-electron chi connectivity index (χ1n) is 8.34. The highest BCUT2D eigenvalue weighted by Gasteiger charge is 2.30. The van der Waals surface area contributed by atoms with Crippen molar-refractivity contribution in [2.45, 2.75) is 10.1 Å². The van der Waals surface area contributed by atoms with Crippen molar-refractivity contribution in [3.05, 3.63) is 92.4 Å². The number of benzene rings is 2. The van der Waals surface area contributed by atoms with Crippen LogP contribution in [-0.2, 0) is 9.84 Å². The summed E-state index contributed by atoms with van der Waals surface area (Å²) in [6, 6.07) is 12.8. The Hall–Kier alpha value is -3.11. The number of nitrogens with one attached hydrogen (secondary N) is 1. The zero-order valence-corrected chi connectivity index (χ0v) is 16.5. The number of thiophene rings is 1. The number of nitro groups is 1. The Balaban J connectivity index is 1.82. The fraction of sp³-hybridized carbons (Fsp3) is 0.105. The molecule has 0 radical (unpaired) electrons. The average molecular weight is 434 g/mol. The first-order chi connectivity index (χ1) is 13.8. The molecule has 3 aromatic rings. The van der Waals surface area contributed by atoms with Crippen molar-refractivity contribution in [2.75, 3.05) is 6.54 Å². The zero-order chi connectivity index (χ0) is 21.0. The lowest BCUT2D eigenvalue weighted by Gasteiger charge is -2.17. The number of hydrogen-bond donors (Lipinski definition) is 1. The molecule has 150 valence electrons. The minimum atomic E-state index is -3.90. The van der Waals surface area contributed by atoms with E-state index < -0.39 is 31.7 Å². The van der Waals surface area contributed by atoms with Gasteiger partial charge in [-0.25, -0.2) is 12.8 Å². The lowest BCUT2D eigenvalue weighted by Crippen LogP contribution is -2.31. The molecule has 1 heterocycles. The number of carbonyl (C=O) groups is 1. The van der Waals surface area contributed by atoms with E-state index in [0.717, 1.165) is 12.1 Å². The van der Waals surface area contributed by atoms with Crippen molar-refractivity contribution in [1.29, 1.82) is 0 Å². The van der Waals surface area contributed by atoms with Crippen LogP contribution in [0.1, 0.15) is 20.5 Å². The number of sulfone groups is 1. The molecule has 0 aliphatic rings. The molecule has 0 bridgehead atoms. The van der Waals surface area contributed by atoms with E-state index in [2.05, 4.69) is 5.32 Å². The summed E-state index contributed by atoms with van der Waals surface area (Å²) in [6.07, 6.45) is 0. The Labute approximate surface area is 169 Å². The SMILES string of the molecule is O=C(NC[C@@H](c1cccs1)S(=O)(=O)c1ccc(F)cc1)c1ccc([N+](=O)[O-])cc1. The van der Waals surface area contributed by atoms with E-state index in [4.69, 9.17) is 0 Å². The quantitative estimate of drug-likeness (QED) is 0.346. The molecule has 0 saturated heterocycles. The molecule has 7 nitrogen and oxygen atoms in total. The number of hydrogen-bond acceptors (Lipinski definition) is 6. The van der Waals surface area contributed by atoms with E-state index in [1.165, 1.54) is 47.7 Å². The van der Waals surface area contributed by atoms with Gasteiger partial charge in [-0.3, -0.25) is 14.9 Å². The van der Waals surface area contributed by atoms with Crippen molar-refractivity contribution in [3.8, 4) is 0 Å². The second kappa shape index (κ2) is 8.50. The molecule has 0 unspecified atom stereocenters. The van der Waals surface area contributed by atoms with Gasteiger partial charge in [0.1, 0.15) is 11.1 Å². The van der Waals surface area contributed by atoms with Gasteiger partial charge in [0.05, 0.1) is 9.82 Å². The predicted octanol–water partition coefficient (Wildman–Crippen LogP) is 3.74. The predicted molar refractivity (Wildman–Crippen MR) is 106 cm³/mol. The number of rotatable bonds is 7. The van der Waals surface area contributed by atoms with Gasteiger partial charge in [-0.15, -0.1) is 11.3 Å². The van der Waals surface area contributed by atoms with Crippen LogP contribution in [0.4, 0.5) is 10.1 Å². The number of amides is 1. The Morgan fingerprint density at radius 3 is 2.31 bits per heavy atom. The molecule has 0 aliphatic heterocycles. The monoisotopic (exact) mass is 434 g/mol. The highest BCUT2D eigenvalue weighted by atomic mass is 32.2. The smallest absolute Gasteiger partial charge is 0.269 e. The van der Waals surface area contributed by atoms with Crippen LogP contribution in [0.2, 0.25) is 0 Å². The minimum Gasteiger partial charge on any atom is -0.350 e.